The fourth-order valence-corrected chi connectivity index (χ4v) is 2.02. The van der Waals surface area contributed by atoms with Crippen molar-refractivity contribution in [2.24, 2.45) is 0 Å². The highest BCUT2D eigenvalue weighted by Gasteiger charge is 2.07. The summed E-state index contributed by atoms with van der Waals surface area (Å²) >= 11 is 5.75. The molecule has 2 rings (SSSR count). The Morgan fingerprint density at radius 1 is 1.45 bits per heavy atom. The Bertz CT molecular complexity index is 559. The summed E-state index contributed by atoms with van der Waals surface area (Å²) in [5.41, 5.74) is 0.588. The molecule has 20 heavy (non-hydrogen) atoms. The predicted molar refractivity (Wildman–Crippen MR) is 76.3 cm³/mol. The van der Waals surface area contributed by atoms with E-state index in [-0.39, 0.29) is 5.82 Å². The van der Waals surface area contributed by atoms with Gasteiger partial charge in [0.05, 0.1) is 19.7 Å². The maximum atomic E-state index is 13.8. The van der Waals surface area contributed by atoms with Crippen LogP contribution in [0.4, 0.5) is 4.39 Å². The average molecular weight is 298 g/mol. The van der Waals surface area contributed by atoms with Gasteiger partial charge in [0, 0.05) is 36.6 Å². The second-order valence-corrected chi connectivity index (χ2v) is 4.81. The van der Waals surface area contributed by atoms with Crippen molar-refractivity contribution in [2.75, 3.05) is 20.3 Å². The fraction of sp³-hybridized carbons (Fsp3) is 0.357. The molecular formula is C14H17ClFN3O. The molecule has 0 unspecified atom stereocenters. The zero-order valence-corrected chi connectivity index (χ0v) is 12.0. The summed E-state index contributed by atoms with van der Waals surface area (Å²) < 4.78 is 20.6. The number of nitrogens with one attached hydrogen (secondary N) is 1. The molecule has 0 saturated heterocycles. The normalized spacial score (nSPS) is 10.9. The van der Waals surface area contributed by atoms with Crippen LogP contribution in [0.15, 0.2) is 30.6 Å². The standard InChI is InChI=1S/C14H17ClFN3O/c1-20-7-5-17-9-14-18-4-6-19(14)10-11-2-3-12(15)8-13(11)16/h2-4,6,8,17H,5,7,9-10H2,1H3. The van der Waals surface area contributed by atoms with E-state index in [1.165, 1.54) is 6.07 Å². The van der Waals surface area contributed by atoms with E-state index in [0.29, 0.717) is 30.3 Å². The monoisotopic (exact) mass is 297 g/mol. The summed E-state index contributed by atoms with van der Waals surface area (Å²) in [6.07, 6.45) is 3.54. The molecule has 0 aliphatic heterocycles. The zero-order chi connectivity index (χ0) is 14.4. The minimum absolute atomic E-state index is 0.301. The van der Waals surface area contributed by atoms with Crippen LogP contribution >= 0.6 is 11.6 Å². The molecular weight excluding hydrogens is 281 g/mol. The molecule has 0 saturated carbocycles. The first kappa shape index (κ1) is 15.0. The number of nitrogens with zero attached hydrogens (tertiary/aromatic N) is 2. The van der Waals surface area contributed by atoms with Crippen molar-refractivity contribution in [3.8, 4) is 0 Å². The molecule has 2 aromatic rings. The lowest BCUT2D eigenvalue weighted by molar-refractivity contribution is 0.199. The molecule has 1 heterocycles. The van der Waals surface area contributed by atoms with E-state index in [1.54, 1.807) is 25.4 Å². The molecule has 1 N–H and O–H groups in total. The second kappa shape index (κ2) is 7.38. The molecule has 0 amide bonds. The van der Waals surface area contributed by atoms with Crippen LogP contribution in [0.2, 0.25) is 5.02 Å². The van der Waals surface area contributed by atoms with E-state index in [0.717, 1.165) is 12.4 Å². The van der Waals surface area contributed by atoms with Crippen molar-refractivity contribution >= 4 is 11.6 Å². The van der Waals surface area contributed by atoms with Crippen LogP contribution < -0.4 is 5.32 Å². The topological polar surface area (TPSA) is 39.1 Å². The largest absolute Gasteiger partial charge is 0.383 e. The average Bonchev–Trinajstić information content (AvgIpc) is 2.85. The Hall–Kier alpha value is -1.43. The second-order valence-electron chi connectivity index (χ2n) is 4.38. The minimum atomic E-state index is -0.301. The minimum Gasteiger partial charge on any atom is -0.383 e. The lowest BCUT2D eigenvalue weighted by Gasteiger charge is -2.10. The van der Waals surface area contributed by atoms with Crippen molar-refractivity contribution in [3.63, 3.8) is 0 Å². The number of hydrogen-bond acceptors (Lipinski definition) is 3. The van der Waals surface area contributed by atoms with E-state index in [9.17, 15) is 4.39 Å². The lowest BCUT2D eigenvalue weighted by atomic mass is 10.2. The first-order valence-electron chi connectivity index (χ1n) is 6.34. The Labute approximate surface area is 122 Å². The summed E-state index contributed by atoms with van der Waals surface area (Å²) in [5.74, 6) is 0.556. The van der Waals surface area contributed by atoms with Crippen LogP contribution in [0.3, 0.4) is 0 Å². The van der Waals surface area contributed by atoms with Crippen molar-refractivity contribution < 1.29 is 9.13 Å². The molecule has 4 nitrogen and oxygen atoms in total. The molecule has 0 spiro atoms. The van der Waals surface area contributed by atoms with Crippen molar-refractivity contribution in [2.45, 2.75) is 13.1 Å². The van der Waals surface area contributed by atoms with Crippen molar-refractivity contribution in [1.82, 2.24) is 14.9 Å². The fourth-order valence-electron chi connectivity index (χ4n) is 1.86. The van der Waals surface area contributed by atoms with Gasteiger partial charge >= 0.3 is 0 Å². The third-order valence-corrected chi connectivity index (χ3v) is 3.16. The lowest BCUT2D eigenvalue weighted by Crippen LogP contribution is -2.21. The van der Waals surface area contributed by atoms with Crippen molar-refractivity contribution in [3.05, 3.63) is 52.8 Å². The highest BCUT2D eigenvalue weighted by atomic mass is 35.5. The molecule has 108 valence electrons. The van der Waals surface area contributed by atoms with Crippen molar-refractivity contribution in [1.29, 1.82) is 0 Å². The van der Waals surface area contributed by atoms with Crippen LogP contribution in [0.5, 0.6) is 0 Å². The van der Waals surface area contributed by atoms with Gasteiger partial charge in [-0.25, -0.2) is 9.37 Å². The predicted octanol–water partition coefficient (Wildman–Crippen LogP) is 2.46. The van der Waals surface area contributed by atoms with Gasteiger partial charge in [0.25, 0.3) is 0 Å². The van der Waals surface area contributed by atoms with Gasteiger partial charge in [0.2, 0.25) is 0 Å². The molecule has 0 aliphatic rings. The van der Waals surface area contributed by atoms with E-state index >= 15 is 0 Å². The number of methoxy groups -OCH3 is 1. The zero-order valence-electron chi connectivity index (χ0n) is 11.3. The molecule has 1 aromatic heterocycles. The van der Waals surface area contributed by atoms with E-state index in [4.69, 9.17) is 16.3 Å². The Morgan fingerprint density at radius 2 is 2.30 bits per heavy atom. The summed E-state index contributed by atoms with van der Waals surface area (Å²) in [7, 11) is 1.66. The summed E-state index contributed by atoms with van der Waals surface area (Å²) in [6.45, 7) is 2.45. The summed E-state index contributed by atoms with van der Waals surface area (Å²) in [6, 6.07) is 4.71. The summed E-state index contributed by atoms with van der Waals surface area (Å²) in [5, 5.41) is 3.62. The maximum Gasteiger partial charge on any atom is 0.129 e. The van der Waals surface area contributed by atoms with Crippen LogP contribution in [0.25, 0.3) is 0 Å². The third-order valence-electron chi connectivity index (χ3n) is 2.92. The number of hydrogen-bond donors (Lipinski definition) is 1. The molecule has 0 bridgehead atoms. The first-order chi connectivity index (χ1) is 9.70. The van der Waals surface area contributed by atoms with E-state index in [1.807, 2.05) is 10.8 Å². The van der Waals surface area contributed by atoms with Gasteiger partial charge in [0.15, 0.2) is 0 Å². The molecule has 0 atom stereocenters. The van der Waals surface area contributed by atoms with Gasteiger partial charge in [0.1, 0.15) is 11.6 Å². The molecule has 0 fully saturated rings. The summed E-state index contributed by atoms with van der Waals surface area (Å²) in [4.78, 5) is 4.27. The van der Waals surface area contributed by atoms with Gasteiger partial charge in [-0.3, -0.25) is 0 Å². The number of halogens is 2. The van der Waals surface area contributed by atoms with Gasteiger partial charge in [-0.05, 0) is 12.1 Å². The Balaban J connectivity index is 2.01. The first-order valence-corrected chi connectivity index (χ1v) is 6.72. The van der Waals surface area contributed by atoms with Gasteiger partial charge in [-0.1, -0.05) is 17.7 Å². The number of imidazole rings is 1. The van der Waals surface area contributed by atoms with Gasteiger partial charge < -0.3 is 14.6 Å². The quantitative estimate of drug-likeness (QED) is 0.798. The third kappa shape index (κ3) is 4.03. The molecule has 0 radical (unpaired) electrons. The van der Waals surface area contributed by atoms with E-state index < -0.39 is 0 Å². The van der Waals surface area contributed by atoms with Crippen LogP contribution in [-0.2, 0) is 17.8 Å². The Morgan fingerprint density at radius 3 is 3.05 bits per heavy atom. The van der Waals surface area contributed by atoms with Crippen LogP contribution in [0.1, 0.15) is 11.4 Å². The molecule has 6 heteroatoms. The Kier molecular flexibility index (Phi) is 5.52. The molecule has 1 aromatic carbocycles. The maximum absolute atomic E-state index is 13.8. The highest BCUT2D eigenvalue weighted by Crippen LogP contribution is 2.16. The number of ether oxygens (including phenoxy) is 1. The van der Waals surface area contributed by atoms with Gasteiger partial charge in [-0.2, -0.15) is 0 Å². The van der Waals surface area contributed by atoms with Crippen LogP contribution in [0, 0.1) is 5.82 Å². The van der Waals surface area contributed by atoms with Crippen LogP contribution in [-0.4, -0.2) is 29.8 Å². The number of rotatable bonds is 7. The molecule has 0 aliphatic carbocycles. The SMILES string of the molecule is COCCNCc1nccn1Cc1ccc(Cl)cc1F. The van der Waals surface area contributed by atoms with Gasteiger partial charge in [-0.15, -0.1) is 0 Å². The number of aromatic nitrogens is 2. The smallest absolute Gasteiger partial charge is 0.129 e. The highest BCUT2D eigenvalue weighted by molar-refractivity contribution is 6.30. The number of benzene rings is 1. The van der Waals surface area contributed by atoms with E-state index in [2.05, 4.69) is 10.3 Å².